The van der Waals surface area contributed by atoms with E-state index in [9.17, 15) is 0 Å². The molecule has 0 spiro atoms. The van der Waals surface area contributed by atoms with Crippen molar-refractivity contribution in [3.8, 4) is 0 Å². The number of methoxy groups -OCH3 is 1. The third-order valence-corrected chi connectivity index (χ3v) is 3.50. The molecule has 0 unspecified atom stereocenters. The monoisotopic (exact) mass is 461 g/mol. The van der Waals surface area contributed by atoms with Crippen molar-refractivity contribution in [1.29, 1.82) is 0 Å². The number of nitrogens with one attached hydrogen (secondary N) is 2. The molecular weight excluding hydrogens is 433 g/mol. The Bertz CT molecular complexity index is 599. The van der Waals surface area contributed by atoms with Gasteiger partial charge in [-0.1, -0.05) is 6.07 Å². The Labute approximate surface area is 166 Å². The van der Waals surface area contributed by atoms with Gasteiger partial charge in [0.25, 0.3) is 0 Å². The van der Waals surface area contributed by atoms with Crippen molar-refractivity contribution in [2.75, 3.05) is 47.1 Å². The molecule has 0 saturated heterocycles. The standard InChI is InChI=1S/C17H27N5O2.HI/c1-18-17(19-8-5-11-24-13-12-23-2)20-9-7-15-14-22-10-4-3-6-16(22)21-15;/h3-4,6,10,14H,5,7-9,11-13H2,1-2H3,(H2,18,19,20);1H. The van der Waals surface area contributed by atoms with Crippen LogP contribution >= 0.6 is 24.0 Å². The summed E-state index contributed by atoms with van der Waals surface area (Å²) in [5.41, 5.74) is 2.04. The summed E-state index contributed by atoms with van der Waals surface area (Å²) < 4.78 is 12.4. The molecule has 2 aromatic heterocycles. The fraction of sp³-hybridized carbons (Fsp3) is 0.529. The van der Waals surface area contributed by atoms with E-state index in [0.29, 0.717) is 19.8 Å². The van der Waals surface area contributed by atoms with Crippen LogP contribution in [0.5, 0.6) is 0 Å². The molecule has 0 aliphatic carbocycles. The molecular formula is C17H28IN5O2. The van der Waals surface area contributed by atoms with Crippen LogP contribution in [-0.2, 0) is 15.9 Å². The van der Waals surface area contributed by atoms with Crippen molar-refractivity contribution >= 4 is 35.6 Å². The summed E-state index contributed by atoms with van der Waals surface area (Å²) in [6.45, 7) is 3.60. The normalized spacial score (nSPS) is 11.4. The van der Waals surface area contributed by atoms with Crippen LogP contribution in [0.4, 0.5) is 0 Å². The van der Waals surface area contributed by atoms with Crippen LogP contribution in [0.1, 0.15) is 12.1 Å². The molecule has 0 aliphatic rings. The number of pyridine rings is 1. The van der Waals surface area contributed by atoms with Crippen molar-refractivity contribution in [3.05, 3.63) is 36.3 Å². The Balaban J connectivity index is 0.00000312. The second-order valence-electron chi connectivity index (χ2n) is 5.33. The number of hydrogen-bond donors (Lipinski definition) is 2. The number of halogens is 1. The topological polar surface area (TPSA) is 72.2 Å². The number of imidazole rings is 1. The van der Waals surface area contributed by atoms with Crippen molar-refractivity contribution in [1.82, 2.24) is 20.0 Å². The number of rotatable bonds is 10. The van der Waals surface area contributed by atoms with Crippen LogP contribution in [0.2, 0.25) is 0 Å². The maximum Gasteiger partial charge on any atom is 0.190 e. The lowest BCUT2D eigenvalue weighted by Crippen LogP contribution is -2.39. The van der Waals surface area contributed by atoms with Gasteiger partial charge in [0.15, 0.2) is 5.96 Å². The maximum absolute atomic E-state index is 5.42. The number of hydrogen-bond acceptors (Lipinski definition) is 4. The van der Waals surface area contributed by atoms with E-state index >= 15 is 0 Å². The first-order valence-corrected chi connectivity index (χ1v) is 8.27. The van der Waals surface area contributed by atoms with E-state index in [4.69, 9.17) is 9.47 Å². The van der Waals surface area contributed by atoms with Gasteiger partial charge in [-0.2, -0.15) is 0 Å². The zero-order chi connectivity index (χ0) is 17.0. The summed E-state index contributed by atoms with van der Waals surface area (Å²) in [5, 5.41) is 6.58. The molecule has 7 nitrogen and oxygen atoms in total. The number of aromatic nitrogens is 2. The summed E-state index contributed by atoms with van der Waals surface area (Å²) in [4.78, 5) is 8.80. The van der Waals surface area contributed by atoms with Gasteiger partial charge < -0.3 is 24.5 Å². The second-order valence-corrected chi connectivity index (χ2v) is 5.33. The van der Waals surface area contributed by atoms with E-state index in [1.807, 2.05) is 28.8 Å². The average Bonchev–Trinajstić information content (AvgIpc) is 3.02. The Morgan fingerprint density at radius 1 is 1.20 bits per heavy atom. The molecule has 0 fully saturated rings. The van der Waals surface area contributed by atoms with Crippen molar-refractivity contribution in [3.63, 3.8) is 0 Å². The van der Waals surface area contributed by atoms with Gasteiger partial charge >= 0.3 is 0 Å². The minimum Gasteiger partial charge on any atom is -0.382 e. The second kappa shape index (κ2) is 12.9. The lowest BCUT2D eigenvalue weighted by atomic mass is 10.3. The Hall–Kier alpha value is -1.39. The fourth-order valence-corrected chi connectivity index (χ4v) is 2.26. The van der Waals surface area contributed by atoms with E-state index in [1.54, 1.807) is 14.2 Å². The molecule has 2 heterocycles. The van der Waals surface area contributed by atoms with E-state index in [2.05, 4.69) is 26.8 Å². The van der Waals surface area contributed by atoms with Gasteiger partial charge in [0.1, 0.15) is 5.65 Å². The molecule has 8 heteroatoms. The Morgan fingerprint density at radius 3 is 2.80 bits per heavy atom. The zero-order valence-electron chi connectivity index (χ0n) is 14.9. The number of guanidine groups is 1. The number of nitrogens with zero attached hydrogens (tertiary/aromatic N) is 3. The van der Waals surface area contributed by atoms with E-state index in [-0.39, 0.29) is 24.0 Å². The molecule has 140 valence electrons. The summed E-state index contributed by atoms with van der Waals surface area (Å²) in [6, 6.07) is 6.00. The van der Waals surface area contributed by atoms with E-state index < -0.39 is 0 Å². The summed E-state index contributed by atoms with van der Waals surface area (Å²) in [5.74, 6) is 0.802. The molecule has 25 heavy (non-hydrogen) atoms. The summed E-state index contributed by atoms with van der Waals surface area (Å²) in [7, 11) is 3.45. The molecule has 2 N–H and O–H groups in total. The number of ether oxygens (including phenoxy) is 2. The van der Waals surface area contributed by atoms with Crippen LogP contribution in [0.3, 0.4) is 0 Å². The smallest absolute Gasteiger partial charge is 0.190 e. The highest BCUT2D eigenvalue weighted by molar-refractivity contribution is 14.0. The lowest BCUT2D eigenvalue weighted by Gasteiger charge is -2.11. The average molecular weight is 461 g/mol. The third-order valence-electron chi connectivity index (χ3n) is 3.50. The largest absolute Gasteiger partial charge is 0.382 e. The minimum absolute atomic E-state index is 0. The maximum atomic E-state index is 5.42. The van der Waals surface area contributed by atoms with Gasteiger partial charge in [-0.25, -0.2) is 4.98 Å². The van der Waals surface area contributed by atoms with Crippen LogP contribution < -0.4 is 10.6 Å². The molecule has 0 bridgehead atoms. The molecule has 0 aliphatic heterocycles. The lowest BCUT2D eigenvalue weighted by molar-refractivity contribution is 0.0698. The highest BCUT2D eigenvalue weighted by Gasteiger charge is 2.02. The van der Waals surface area contributed by atoms with Crippen LogP contribution in [0.25, 0.3) is 5.65 Å². The molecule has 0 aromatic carbocycles. The first-order valence-electron chi connectivity index (χ1n) is 8.27. The summed E-state index contributed by atoms with van der Waals surface area (Å²) >= 11 is 0. The minimum atomic E-state index is 0. The van der Waals surface area contributed by atoms with Gasteiger partial charge in [0.2, 0.25) is 0 Å². The van der Waals surface area contributed by atoms with Crippen molar-refractivity contribution in [2.45, 2.75) is 12.8 Å². The highest BCUT2D eigenvalue weighted by Crippen LogP contribution is 2.04. The highest BCUT2D eigenvalue weighted by atomic mass is 127. The summed E-state index contributed by atoms with van der Waals surface area (Å²) in [6.07, 6.45) is 5.85. The molecule has 0 atom stereocenters. The van der Waals surface area contributed by atoms with Crippen molar-refractivity contribution < 1.29 is 9.47 Å². The van der Waals surface area contributed by atoms with Crippen LogP contribution in [0, 0.1) is 0 Å². The third kappa shape index (κ3) is 8.02. The van der Waals surface area contributed by atoms with Crippen LogP contribution in [-0.4, -0.2) is 62.4 Å². The van der Waals surface area contributed by atoms with Gasteiger partial charge in [0, 0.05) is 52.7 Å². The molecule has 2 aromatic rings. The van der Waals surface area contributed by atoms with Crippen molar-refractivity contribution in [2.24, 2.45) is 4.99 Å². The van der Waals surface area contributed by atoms with Gasteiger partial charge in [-0.05, 0) is 18.6 Å². The Kier molecular flexibility index (Phi) is 11.2. The quantitative estimate of drug-likeness (QED) is 0.244. The molecule has 0 amide bonds. The number of aliphatic imine (C=N–C) groups is 1. The van der Waals surface area contributed by atoms with Gasteiger partial charge in [-0.15, -0.1) is 24.0 Å². The van der Waals surface area contributed by atoms with E-state index in [1.165, 1.54) is 0 Å². The Morgan fingerprint density at radius 2 is 2.04 bits per heavy atom. The SMILES string of the molecule is CN=C(NCCCOCCOC)NCCc1cn2ccccc2n1.I. The predicted octanol–water partition coefficient (Wildman–Crippen LogP) is 1.71. The molecule has 2 rings (SSSR count). The van der Waals surface area contributed by atoms with Crippen LogP contribution in [0.15, 0.2) is 35.6 Å². The predicted molar refractivity (Wildman–Crippen MR) is 111 cm³/mol. The fourth-order valence-electron chi connectivity index (χ4n) is 2.26. The molecule has 0 radical (unpaired) electrons. The first-order chi connectivity index (χ1) is 11.8. The van der Waals surface area contributed by atoms with Gasteiger partial charge in [-0.3, -0.25) is 4.99 Å². The first kappa shape index (κ1) is 21.7. The van der Waals surface area contributed by atoms with Gasteiger partial charge in [0.05, 0.1) is 18.9 Å². The molecule has 0 saturated carbocycles. The number of fused-ring (bicyclic) bond motifs is 1. The van der Waals surface area contributed by atoms with E-state index in [0.717, 1.165) is 43.2 Å². The zero-order valence-corrected chi connectivity index (χ0v) is 17.2.